The van der Waals surface area contributed by atoms with Crippen LogP contribution in [0.15, 0.2) is 280 Å². The zero-order valence-corrected chi connectivity index (χ0v) is 90.6. The summed E-state index contributed by atoms with van der Waals surface area (Å²) >= 11 is 0. The van der Waals surface area contributed by atoms with Crippen LogP contribution in [-0.4, -0.2) is 28.0 Å². The van der Waals surface area contributed by atoms with Crippen LogP contribution in [0.2, 0.25) is 0 Å². The van der Waals surface area contributed by atoms with E-state index in [-0.39, 0.29) is 55.1 Å². The molecule has 10 aromatic carbocycles. The molecule has 0 saturated heterocycles. The minimum absolute atomic E-state index is 0.0551. The lowest BCUT2D eigenvalue weighted by Crippen LogP contribution is -2.49. The summed E-state index contributed by atoms with van der Waals surface area (Å²) in [4.78, 5) is 0. The van der Waals surface area contributed by atoms with Crippen molar-refractivity contribution in [2.45, 2.75) is 303 Å². The topological polar surface area (TPSA) is 65.5 Å². The van der Waals surface area contributed by atoms with Crippen LogP contribution in [-0.2, 0) is 62.3 Å². The Balaban J connectivity index is 0.000000119. The van der Waals surface area contributed by atoms with E-state index < -0.39 is 27.4 Å². The van der Waals surface area contributed by atoms with Crippen LogP contribution in [0.4, 0.5) is 0 Å². The summed E-state index contributed by atoms with van der Waals surface area (Å²) in [5.41, 5.74) is 32.0. The first-order chi connectivity index (χ1) is 74.8. The number of ether oxygens (including phenoxy) is 5. The van der Waals surface area contributed by atoms with E-state index in [4.69, 9.17) is 40.1 Å². The Morgan fingerprint density at radius 3 is 0.986 bits per heavy atom. The van der Waals surface area contributed by atoms with Gasteiger partial charge in [0, 0.05) is 159 Å². The quantitative estimate of drug-likeness (QED) is 0.128. The van der Waals surface area contributed by atoms with E-state index in [2.05, 4.69) is 272 Å². The van der Waals surface area contributed by atoms with Crippen molar-refractivity contribution in [2.75, 3.05) is 0 Å². The van der Waals surface area contributed by atoms with Crippen LogP contribution < -0.4 is 46.5 Å². The molecule has 0 amide bonds. The molecule has 4 aliphatic carbocycles. The molecule has 24 rings (SSSR count). The summed E-state index contributed by atoms with van der Waals surface area (Å²) in [5.74, 6) is 4.63. The van der Waals surface area contributed by atoms with E-state index >= 15 is 0 Å². The van der Waals surface area contributed by atoms with Crippen molar-refractivity contribution in [1.82, 2.24) is 0 Å². The van der Waals surface area contributed by atoms with Crippen LogP contribution in [0.3, 0.4) is 0 Å². The Kier molecular flexibility index (Phi) is 22.7. The van der Waals surface area contributed by atoms with Gasteiger partial charge in [0.05, 0.1) is 0 Å². The van der Waals surface area contributed by atoms with Gasteiger partial charge in [0.15, 0.2) is 31.0 Å². The summed E-state index contributed by atoms with van der Waals surface area (Å²) < 4.78 is 142. The van der Waals surface area contributed by atoms with Crippen molar-refractivity contribution in [3.05, 3.63) is 358 Å². The Hall–Kier alpha value is -13.1. The predicted molar refractivity (Wildman–Crippen MR) is 602 cm³/mol. The summed E-state index contributed by atoms with van der Waals surface area (Å²) in [6, 6.07) is 84.5. The van der Waals surface area contributed by atoms with Crippen molar-refractivity contribution in [3.8, 4) is 141 Å². The van der Waals surface area contributed by atoms with Gasteiger partial charge in [0.1, 0.15) is 92.0 Å². The van der Waals surface area contributed by atoms with E-state index in [0.29, 0.717) is 22.3 Å². The fourth-order valence-corrected chi connectivity index (χ4v) is 26.3. The number of aryl methyl sites for hydroxylation is 14. The van der Waals surface area contributed by atoms with Crippen molar-refractivity contribution in [1.29, 1.82) is 0 Å². The Morgan fingerprint density at radius 2 is 0.592 bits per heavy atom. The number of pyridine rings is 5. The van der Waals surface area contributed by atoms with Crippen molar-refractivity contribution >= 4 is 0 Å². The molecule has 10 heterocycles. The highest BCUT2D eigenvalue weighted by Gasteiger charge is 2.63. The molecule has 0 N–H and O–H groups in total. The number of rotatable bonds is 10. The van der Waals surface area contributed by atoms with Crippen LogP contribution in [0, 0.1) is 62.0 Å². The predicted octanol–water partition coefficient (Wildman–Crippen LogP) is 31.4. The molecule has 5 aliphatic heterocycles. The molecule has 0 radical (unpaired) electrons. The summed E-state index contributed by atoms with van der Waals surface area (Å²) in [5, 5.41) is 0. The lowest BCUT2D eigenvalue weighted by molar-refractivity contribution is -0.660. The molecule has 0 atom stereocenters. The molecule has 15 aromatic rings. The number of aromatic nitrogens is 5. The maximum absolute atomic E-state index is 8.26. The molecular weight excluding hydrogens is 1800 g/mol. The number of hydrogen-bond acceptors (Lipinski definition) is 5. The molecule has 4 spiro atoms. The first-order valence-corrected chi connectivity index (χ1v) is 53.5. The highest BCUT2D eigenvalue weighted by molar-refractivity contribution is 5.83. The van der Waals surface area contributed by atoms with Crippen LogP contribution in [0.5, 0.6) is 28.7 Å². The maximum atomic E-state index is 8.26. The lowest BCUT2D eigenvalue weighted by Gasteiger charge is -2.44. The van der Waals surface area contributed by atoms with Crippen molar-refractivity contribution < 1.29 is 63.0 Å². The van der Waals surface area contributed by atoms with E-state index in [1.807, 2.05) is 184 Å². The third-order valence-electron chi connectivity index (χ3n) is 35.7. The van der Waals surface area contributed by atoms with Gasteiger partial charge in [-0.1, -0.05) is 164 Å². The van der Waals surface area contributed by atoms with Gasteiger partial charge in [-0.25, -0.2) is 22.8 Å². The summed E-state index contributed by atoms with van der Waals surface area (Å²) in [7, 11) is 10.2. The molecule has 9 aliphatic rings. The van der Waals surface area contributed by atoms with Gasteiger partial charge in [-0.15, -0.1) is 0 Å². The molecule has 0 bridgehead atoms. The SMILES string of the molecule is Cc1ccccc1-c1ccc(-c2cccc3c2C(C)(C)C(C)(C)O3)c[n+]1C.[2H]C([2H])([2H])c1cc(C)c(-c2cccc[n+]2C)cc1-c1ccc2c(c1)OC(C)(C)C21CC1.[2H]C([2H])([2H])c1cc(C)c(-c2cccc[n+]2C)cc1-c1ccc2c(c1)OC(C)(C)CC21CCCC1.[2H]C([2H])([2H])c1cc(C)c(-c2cccc[n+]2C)cc1-c1ccc2c(c1)OC1(CCCC1)C2(C)C.[2H]C([2H])([2H])c1cc(C)c(-c2cccc[n+]2C)cc1-c1ccc2c(c1)OC1(CCCCC1)C2(C)C. The van der Waals surface area contributed by atoms with Gasteiger partial charge in [0.2, 0.25) is 28.5 Å². The highest BCUT2D eigenvalue weighted by Crippen LogP contribution is 2.65. The number of hydrogen-bond donors (Lipinski definition) is 0. The highest BCUT2D eigenvalue weighted by atomic mass is 16.5. The zero-order chi connectivity index (χ0) is 114. The van der Waals surface area contributed by atoms with Gasteiger partial charge in [-0.05, 0) is 378 Å². The second-order valence-corrected chi connectivity index (χ2v) is 47.1. The lowest BCUT2D eigenvalue weighted by atomic mass is 9.65. The standard InChI is InChI=1S/2C29H34NO.C28H32NO.C26H28NO.C25H28NO/c1-20-16-21(2)24(26-10-6-9-15-30(26)5)18-23(20)22-11-12-25-27(17-22)31-28(3,4)19-29(25)13-7-8-14-29;1-20-17-21(2)24(26-11-7-10-16-30(26)5)19-23(20)22-12-13-25-27(18-22)31-29(28(25,3)4)14-8-6-9-15-29;1-19-16-20(2)23(25-10-6-9-15-29(25)5)18-22(19)21-11-12-24-26(17-21)30-28(27(24,3)4)13-7-8-14-28;1-17-14-18(2)21(23-8-6-7-13-27(23)5)16-20(17)19-9-10-22-24(15-19)28-25(3,4)26(22)11-12-26;1-17-10-7-8-11-19(17)21-15-14-18(16-26(21)6)20-12-9-13-22-23(20)24(2,3)25(4,5)27-22/h6,9-12,15-18H,7-8,13-14,19H2,1-5H3;7,10-13,16-19H,6,8-9,14-15H2,1-5H3;6,9-12,15-18H,7-8,13-14H2,1-5H3;6-10,13-16H,11-12H2,1-5H3;7-16H,1-6H3/q5*+1/i4*1D3;. The minimum Gasteiger partial charge on any atom is -0.488 e. The number of fused-ring (bicyclic) bond motifs is 7. The number of nitrogens with zero attached hydrogens (tertiary/aromatic N) is 5. The Labute approximate surface area is 894 Å². The van der Waals surface area contributed by atoms with Crippen LogP contribution in [0.1, 0.15) is 280 Å². The molecule has 5 aromatic heterocycles. The van der Waals surface area contributed by atoms with Crippen molar-refractivity contribution in [2.24, 2.45) is 35.2 Å². The van der Waals surface area contributed by atoms with Gasteiger partial charge in [-0.3, -0.25) is 0 Å². The van der Waals surface area contributed by atoms with Gasteiger partial charge < -0.3 is 23.7 Å². The monoisotopic (exact) mass is 1960 g/mol. The smallest absolute Gasteiger partial charge is 0.212 e. The molecule has 4 saturated carbocycles. The van der Waals surface area contributed by atoms with E-state index in [1.54, 1.807) is 0 Å². The Morgan fingerprint density at radius 1 is 0.245 bits per heavy atom. The molecule has 4 fully saturated rings. The fourth-order valence-electron chi connectivity index (χ4n) is 26.3. The van der Waals surface area contributed by atoms with E-state index in [1.165, 1.54) is 114 Å². The molecule has 10 nitrogen and oxygen atoms in total. The maximum Gasteiger partial charge on any atom is 0.212 e. The summed E-state index contributed by atoms with van der Waals surface area (Å²) in [6.45, 7) is 28.1. The second kappa shape index (κ2) is 38.3. The molecule has 754 valence electrons. The number of benzene rings is 10. The summed E-state index contributed by atoms with van der Waals surface area (Å²) in [6.07, 6.45) is 28.9. The first kappa shape index (κ1) is 87.0. The average molecular weight is 1960 g/mol. The van der Waals surface area contributed by atoms with Gasteiger partial charge >= 0.3 is 0 Å². The van der Waals surface area contributed by atoms with E-state index in [9.17, 15) is 0 Å². The van der Waals surface area contributed by atoms with Crippen LogP contribution >= 0.6 is 0 Å². The fraction of sp³-hybridized carbons (Fsp3) is 0.380. The van der Waals surface area contributed by atoms with E-state index in [0.717, 1.165) is 185 Å². The average Bonchev–Trinajstić information content (AvgIpc) is 1.50. The third-order valence-corrected chi connectivity index (χ3v) is 35.7. The largest absolute Gasteiger partial charge is 0.488 e. The molecule has 0 unspecified atom stereocenters. The third kappa shape index (κ3) is 18.1. The molecule has 10 heteroatoms. The van der Waals surface area contributed by atoms with Gasteiger partial charge in [-0.2, -0.15) is 0 Å². The van der Waals surface area contributed by atoms with Crippen molar-refractivity contribution in [3.63, 3.8) is 0 Å². The second-order valence-electron chi connectivity index (χ2n) is 47.1. The minimum atomic E-state index is -2.21. The molecule has 147 heavy (non-hydrogen) atoms. The molecular formula is C137H156N5O5+5. The first-order valence-electron chi connectivity index (χ1n) is 59.5. The van der Waals surface area contributed by atoms with Gasteiger partial charge in [0.25, 0.3) is 0 Å². The zero-order valence-electron chi connectivity index (χ0n) is 103. The van der Waals surface area contributed by atoms with Crippen LogP contribution in [0.25, 0.3) is 112 Å². The normalized spacial score (nSPS) is 19.7. The Bertz CT molecular complexity index is 8180.